The van der Waals surface area contributed by atoms with Gasteiger partial charge >= 0.3 is 11.9 Å². The first kappa shape index (κ1) is 68.1. The second kappa shape index (κ2) is 48.1. The molecule has 26 nitrogen and oxygen atoms in total. The minimum atomic E-state index is -1.00. The third-order valence-corrected chi connectivity index (χ3v) is 6.34. The normalized spacial score (nSPS) is 11.1. The highest BCUT2D eigenvalue weighted by Gasteiger charge is 2.18. The van der Waals surface area contributed by atoms with Crippen LogP contribution in [0.25, 0.3) is 0 Å². The Morgan fingerprint density at radius 1 is 0.500 bits per heavy atom. The van der Waals surface area contributed by atoms with E-state index < -0.39 is 36.1 Å². The predicted octanol–water partition coefficient (Wildman–Crippen LogP) is -4.02. The van der Waals surface area contributed by atoms with Gasteiger partial charge in [0.25, 0.3) is 0 Å². The van der Waals surface area contributed by atoms with E-state index in [2.05, 4.69) is 41.2 Å². The first-order chi connectivity index (χ1) is 28.8. The van der Waals surface area contributed by atoms with Gasteiger partial charge in [0, 0.05) is 65.9 Å². The fourth-order valence-corrected chi connectivity index (χ4v) is 3.67. The number of aliphatic imine (C=N–C) groups is 4. The van der Waals surface area contributed by atoms with Crippen molar-refractivity contribution in [3.05, 3.63) is 0 Å². The maximum atomic E-state index is 11.4. The maximum Gasteiger partial charge on any atom is 0.320 e. The molecule has 0 radical (unpaired) electrons. The van der Waals surface area contributed by atoms with E-state index >= 15 is 0 Å². The molecule has 0 aromatic carbocycles. The maximum absolute atomic E-state index is 11.4. The fraction of sp³-hybridized carbons (Fsp3) is 0.706. The number of guanidine groups is 4. The van der Waals surface area contributed by atoms with E-state index in [1.54, 1.807) is 0 Å². The second-order valence-electron chi connectivity index (χ2n) is 12.0. The van der Waals surface area contributed by atoms with Gasteiger partial charge in [0.15, 0.2) is 23.8 Å². The van der Waals surface area contributed by atoms with Gasteiger partial charge in [0.1, 0.15) is 24.2 Å². The van der Waals surface area contributed by atoms with Gasteiger partial charge in [-0.05, 0) is 51.4 Å². The molecule has 0 bridgehead atoms. The van der Waals surface area contributed by atoms with Crippen molar-refractivity contribution < 1.29 is 39.0 Å². The van der Waals surface area contributed by atoms with E-state index in [0.717, 1.165) is 11.8 Å². The van der Waals surface area contributed by atoms with Crippen LogP contribution in [0.15, 0.2) is 20.0 Å². The van der Waals surface area contributed by atoms with E-state index in [9.17, 15) is 28.8 Å². The van der Waals surface area contributed by atoms with Crippen LogP contribution < -0.4 is 78.6 Å². The zero-order chi connectivity index (χ0) is 49.6. The summed E-state index contributed by atoms with van der Waals surface area (Å²) >= 11 is 10.00. The van der Waals surface area contributed by atoms with Gasteiger partial charge < -0.3 is 88.8 Å². The highest BCUT2D eigenvalue weighted by atomic mass is 35.5. The molecule has 62 heavy (non-hydrogen) atoms. The highest BCUT2D eigenvalue weighted by Crippen LogP contribution is 2.00. The summed E-state index contributed by atoms with van der Waals surface area (Å²) in [5.41, 5.74) is 51.3. The Morgan fingerprint density at radius 3 is 0.871 bits per heavy atom. The number of hydrogen-bond acceptors (Lipinski definition) is 12. The molecule has 0 saturated heterocycles. The van der Waals surface area contributed by atoms with Crippen LogP contribution in [-0.2, 0) is 28.8 Å². The zero-order valence-electron chi connectivity index (χ0n) is 36.9. The number of hydrogen-bond donors (Lipinski definition) is 16. The van der Waals surface area contributed by atoms with Crippen LogP contribution in [0.4, 0.5) is 0 Å². The molecule has 0 aliphatic carbocycles. The van der Waals surface area contributed by atoms with Crippen molar-refractivity contribution in [1.82, 2.24) is 21.3 Å². The number of amides is 4. The topological polar surface area (TPSA) is 501 Å². The lowest BCUT2D eigenvalue weighted by atomic mass is 10.1. The minimum absolute atomic E-state index is 0.0129. The molecule has 4 atom stereocenters. The summed E-state index contributed by atoms with van der Waals surface area (Å²) in [6.45, 7) is 8.23. The molecule has 4 amide bonds. The highest BCUT2D eigenvalue weighted by molar-refractivity contribution is 6.17. The van der Waals surface area contributed by atoms with Gasteiger partial charge in [-0.3, -0.25) is 48.7 Å². The molecule has 4 unspecified atom stereocenters. The molecule has 0 rings (SSSR count). The SMILES string of the molecule is CCCl.CCCl.CNC(=O)C(CCCN=C(N)N)NC(C)=O.CNC(=O)C(CCCN=C(N)N)NC(C)=O.NC(N)=NCCCC(N)C(=O)O.NC(N)=NCCCC(N)C(=O)O. The molecule has 364 valence electrons. The van der Waals surface area contributed by atoms with Crippen molar-refractivity contribution >= 4 is 82.6 Å². The Labute approximate surface area is 374 Å². The van der Waals surface area contributed by atoms with Crippen LogP contribution in [0.5, 0.6) is 0 Å². The number of likely N-dealkylation sites (N-methyl/N-ethyl adjacent to an activating group) is 2. The van der Waals surface area contributed by atoms with Crippen molar-refractivity contribution in [3.63, 3.8) is 0 Å². The Morgan fingerprint density at radius 2 is 0.710 bits per heavy atom. The molecule has 0 spiro atoms. The third kappa shape index (κ3) is 61.1. The second-order valence-corrected chi connectivity index (χ2v) is 13.0. The lowest BCUT2D eigenvalue weighted by molar-refractivity contribution is -0.139. The summed E-state index contributed by atoms with van der Waals surface area (Å²) in [4.78, 5) is 79.8. The van der Waals surface area contributed by atoms with Crippen LogP contribution in [0.1, 0.15) is 79.1 Å². The number of nitrogens with two attached hydrogens (primary N) is 10. The number of nitrogens with zero attached hydrogens (tertiary/aromatic N) is 4. The quantitative estimate of drug-likeness (QED) is 0.0213. The van der Waals surface area contributed by atoms with Crippen LogP contribution in [0.2, 0.25) is 0 Å². The van der Waals surface area contributed by atoms with E-state index in [0.29, 0.717) is 77.5 Å². The number of halogens is 2. The van der Waals surface area contributed by atoms with Crippen LogP contribution in [-0.4, -0.2) is 146 Å². The molecule has 0 fully saturated rings. The van der Waals surface area contributed by atoms with Gasteiger partial charge in [0.2, 0.25) is 23.6 Å². The van der Waals surface area contributed by atoms with Gasteiger partial charge in [-0.25, -0.2) is 0 Å². The molecule has 0 aromatic rings. The van der Waals surface area contributed by atoms with Crippen molar-refractivity contribution in [3.8, 4) is 0 Å². The number of carbonyl (C=O) groups excluding carboxylic acids is 4. The third-order valence-electron chi connectivity index (χ3n) is 6.34. The number of carboxylic acid groups (broad SMARTS) is 2. The van der Waals surface area contributed by atoms with Gasteiger partial charge in [0.05, 0.1) is 0 Å². The first-order valence-corrected chi connectivity index (χ1v) is 20.2. The number of nitrogens with one attached hydrogen (secondary N) is 4. The molecule has 0 aliphatic heterocycles. The molecular weight excluding hydrogens is 859 g/mol. The van der Waals surface area contributed by atoms with Gasteiger partial charge in [-0.15, -0.1) is 23.2 Å². The standard InChI is InChI=1S/2C9H19N5O2.2C6H14N4O2.2C2H5Cl/c2*1-6(15)14-7(8(16)12-2)4-3-5-13-9(10)11;2*7-4(5(11)12)2-1-3-10-6(8)9;2*1-2-3/h2*7H,3-5H2,1-2H3,(H,12,16)(H,14,15)(H4,10,11,13);2*4H,1-3,7H2,(H,11,12)(H4,8,9,10);2*2H2,1H3. The van der Waals surface area contributed by atoms with Crippen molar-refractivity contribution in [2.24, 2.45) is 77.3 Å². The van der Waals surface area contributed by atoms with E-state index in [-0.39, 0.29) is 47.5 Å². The van der Waals surface area contributed by atoms with Gasteiger partial charge in [-0.2, -0.15) is 0 Å². The minimum Gasteiger partial charge on any atom is -0.480 e. The van der Waals surface area contributed by atoms with Gasteiger partial charge in [-0.1, -0.05) is 13.8 Å². The van der Waals surface area contributed by atoms with Crippen molar-refractivity contribution in [2.75, 3.05) is 52.0 Å². The lowest BCUT2D eigenvalue weighted by Gasteiger charge is -2.15. The fourth-order valence-electron chi connectivity index (χ4n) is 3.67. The van der Waals surface area contributed by atoms with E-state index in [1.807, 2.05) is 13.8 Å². The molecule has 26 N–H and O–H groups in total. The summed E-state index contributed by atoms with van der Waals surface area (Å²) in [7, 11) is 3.04. The summed E-state index contributed by atoms with van der Waals surface area (Å²) in [5, 5.41) is 26.8. The molecule has 0 aliphatic rings. The summed E-state index contributed by atoms with van der Waals surface area (Å²) in [6, 6.07) is -2.70. The van der Waals surface area contributed by atoms with Crippen LogP contribution >= 0.6 is 23.2 Å². The van der Waals surface area contributed by atoms with Crippen molar-refractivity contribution in [2.45, 2.75) is 103 Å². The molecule has 28 heteroatoms. The predicted molar refractivity (Wildman–Crippen MR) is 247 cm³/mol. The average Bonchev–Trinajstić information content (AvgIpc) is 3.17. The Kier molecular flexibility index (Phi) is 52.8. The summed E-state index contributed by atoms with van der Waals surface area (Å²) in [6.07, 6.45) is 4.15. The molecular formula is C34H76Cl2N18O8. The Balaban J connectivity index is -0.000000162. The smallest absolute Gasteiger partial charge is 0.320 e. The van der Waals surface area contributed by atoms with Crippen LogP contribution in [0.3, 0.4) is 0 Å². The number of alkyl halides is 2. The molecule has 0 aromatic heterocycles. The lowest BCUT2D eigenvalue weighted by Crippen LogP contribution is -2.44. The Bertz CT molecular complexity index is 1230. The van der Waals surface area contributed by atoms with E-state index in [1.165, 1.54) is 27.9 Å². The summed E-state index contributed by atoms with van der Waals surface area (Å²) < 4.78 is 0. The number of aliphatic carboxylic acids is 2. The van der Waals surface area contributed by atoms with Crippen molar-refractivity contribution in [1.29, 1.82) is 0 Å². The van der Waals surface area contributed by atoms with Crippen LogP contribution in [0, 0.1) is 0 Å². The largest absolute Gasteiger partial charge is 0.480 e. The number of carboxylic acids is 2. The number of carbonyl (C=O) groups is 6. The van der Waals surface area contributed by atoms with E-state index in [4.69, 9.17) is 90.8 Å². The molecule has 0 heterocycles. The average molecular weight is 936 g/mol. The monoisotopic (exact) mass is 935 g/mol. The first-order valence-electron chi connectivity index (χ1n) is 19.1. The number of rotatable bonds is 22. The summed E-state index contributed by atoms with van der Waals surface area (Å²) in [5.74, 6) is -1.41. The Hall–Kier alpha value is -5.60. The molecule has 0 saturated carbocycles. The zero-order valence-corrected chi connectivity index (χ0v) is 38.4.